The highest BCUT2D eigenvalue weighted by Crippen LogP contribution is 2.39. The van der Waals surface area contributed by atoms with Gasteiger partial charge in [0.05, 0.1) is 22.1 Å². The van der Waals surface area contributed by atoms with Crippen LogP contribution in [0, 0.1) is 11.3 Å². The van der Waals surface area contributed by atoms with Crippen LogP contribution in [-0.4, -0.2) is 16.0 Å². The van der Waals surface area contributed by atoms with Crippen molar-refractivity contribution in [2.75, 3.05) is 5.75 Å². The summed E-state index contributed by atoms with van der Waals surface area (Å²) >= 11 is 3.54. The fourth-order valence-corrected chi connectivity index (χ4v) is 3.53. The first-order valence-electron chi connectivity index (χ1n) is 5.15. The van der Waals surface area contributed by atoms with E-state index in [0.717, 1.165) is 16.5 Å². The average Bonchev–Trinajstić information content (AvgIpc) is 2.30. The minimum atomic E-state index is 0.401. The van der Waals surface area contributed by atoms with Crippen molar-refractivity contribution < 1.29 is 0 Å². The third kappa shape index (κ3) is 2.60. The van der Waals surface area contributed by atoms with Gasteiger partial charge < -0.3 is 0 Å². The van der Waals surface area contributed by atoms with Crippen molar-refractivity contribution in [1.29, 1.82) is 5.26 Å². The van der Waals surface area contributed by atoms with E-state index in [1.54, 1.807) is 11.8 Å². The van der Waals surface area contributed by atoms with E-state index < -0.39 is 0 Å². The van der Waals surface area contributed by atoms with E-state index in [9.17, 15) is 0 Å². The van der Waals surface area contributed by atoms with Crippen molar-refractivity contribution >= 4 is 34.3 Å². The Morgan fingerprint density at radius 2 is 2.31 bits per heavy atom. The van der Waals surface area contributed by atoms with Crippen LogP contribution >= 0.6 is 23.5 Å². The van der Waals surface area contributed by atoms with Crippen molar-refractivity contribution in [3.05, 3.63) is 24.3 Å². The first-order valence-corrected chi connectivity index (χ1v) is 7.02. The van der Waals surface area contributed by atoms with E-state index in [4.69, 9.17) is 5.26 Å². The first-order chi connectivity index (χ1) is 7.81. The monoisotopic (exact) mass is 248 g/mol. The van der Waals surface area contributed by atoms with Crippen LogP contribution in [0.5, 0.6) is 0 Å². The third-order valence-corrected chi connectivity index (χ3v) is 4.69. The number of nitriles is 1. The molecule has 4 heteroatoms. The van der Waals surface area contributed by atoms with Crippen LogP contribution in [0.3, 0.4) is 0 Å². The van der Waals surface area contributed by atoms with Crippen LogP contribution in [0.2, 0.25) is 0 Å². The summed E-state index contributed by atoms with van der Waals surface area (Å²) in [7, 11) is 0. The lowest BCUT2D eigenvalue weighted by Crippen LogP contribution is -2.12. The van der Waals surface area contributed by atoms with Crippen LogP contribution in [0.4, 0.5) is 5.69 Å². The van der Waals surface area contributed by atoms with E-state index >= 15 is 0 Å². The van der Waals surface area contributed by atoms with Crippen molar-refractivity contribution in [2.45, 2.75) is 23.5 Å². The maximum atomic E-state index is 8.51. The summed E-state index contributed by atoms with van der Waals surface area (Å²) in [5.74, 6) is 0.836. The Balaban J connectivity index is 2.14. The van der Waals surface area contributed by atoms with Gasteiger partial charge in [-0.1, -0.05) is 12.1 Å². The number of rotatable bonds is 2. The number of thioether (sulfide) groups is 2. The number of aliphatic imine (C=N–C) groups is 1. The topological polar surface area (TPSA) is 36.1 Å². The van der Waals surface area contributed by atoms with E-state index in [1.165, 1.54) is 4.90 Å². The van der Waals surface area contributed by atoms with E-state index in [1.807, 2.05) is 30.0 Å². The molecule has 2 rings (SSSR count). The molecule has 16 heavy (non-hydrogen) atoms. The molecule has 0 amide bonds. The minimum Gasteiger partial charge on any atom is -0.244 e. The molecule has 1 unspecified atom stereocenters. The zero-order valence-corrected chi connectivity index (χ0v) is 10.6. The second-order valence-corrected chi connectivity index (χ2v) is 5.93. The predicted molar refractivity (Wildman–Crippen MR) is 71.5 cm³/mol. The van der Waals surface area contributed by atoms with Crippen molar-refractivity contribution in [2.24, 2.45) is 4.99 Å². The Kier molecular flexibility index (Phi) is 3.92. The fraction of sp³-hybridized carbons (Fsp3) is 0.333. The van der Waals surface area contributed by atoms with E-state index in [2.05, 4.69) is 24.1 Å². The molecule has 0 saturated carbocycles. The van der Waals surface area contributed by atoms with Crippen molar-refractivity contribution in [3.63, 3.8) is 0 Å². The average molecular weight is 248 g/mol. The van der Waals surface area contributed by atoms with Crippen molar-refractivity contribution in [1.82, 2.24) is 0 Å². The molecule has 1 heterocycles. The van der Waals surface area contributed by atoms with Gasteiger partial charge in [-0.2, -0.15) is 5.26 Å². The molecule has 1 atom stereocenters. The number of fused-ring (bicyclic) bond motifs is 1. The number of hydrogen-bond donors (Lipinski definition) is 0. The highest BCUT2D eigenvalue weighted by molar-refractivity contribution is 8.16. The molecule has 1 aromatic carbocycles. The lowest BCUT2D eigenvalue weighted by Gasteiger charge is -2.20. The zero-order valence-electron chi connectivity index (χ0n) is 9.01. The first kappa shape index (κ1) is 11.6. The van der Waals surface area contributed by atoms with Gasteiger partial charge in [-0.15, -0.1) is 23.5 Å². The number of benzene rings is 1. The van der Waals surface area contributed by atoms with E-state index in [0.29, 0.717) is 11.7 Å². The quantitative estimate of drug-likeness (QED) is 0.746. The summed E-state index contributed by atoms with van der Waals surface area (Å²) in [5.41, 5.74) is 1.06. The molecule has 0 radical (unpaired) electrons. The summed E-state index contributed by atoms with van der Waals surface area (Å²) in [5, 5.41) is 10.1. The Labute approximate surface area is 104 Å². The molecule has 0 spiro atoms. The summed E-state index contributed by atoms with van der Waals surface area (Å²) in [6, 6.07) is 10.4. The second-order valence-electron chi connectivity index (χ2n) is 3.43. The van der Waals surface area contributed by atoms with Gasteiger partial charge in [0.1, 0.15) is 0 Å². The SMILES string of the molecule is CC1Sc2ccccc2N=C1SCCC#N. The molecule has 82 valence electrons. The fourth-order valence-electron chi connectivity index (χ4n) is 1.45. The highest BCUT2D eigenvalue weighted by Gasteiger charge is 2.19. The molecule has 0 aliphatic carbocycles. The Morgan fingerprint density at radius 1 is 1.50 bits per heavy atom. The van der Waals surface area contributed by atoms with E-state index in [-0.39, 0.29) is 0 Å². The molecular formula is C12H12N2S2. The van der Waals surface area contributed by atoms with Gasteiger partial charge in [-0.3, -0.25) is 0 Å². The molecule has 1 aromatic rings. The Morgan fingerprint density at radius 3 is 3.12 bits per heavy atom. The molecular weight excluding hydrogens is 236 g/mol. The highest BCUT2D eigenvalue weighted by atomic mass is 32.2. The molecule has 0 fully saturated rings. The Hall–Kier alpha value is -0.920. The summed E-state index contributed by atoms with van der Waals surface area (Å²) in [4.78, 5) is 5.90. The van der Waals surface area contributed by atoms with Crippen LogP contribution in [-0.2, 0) is 0 Å². The molecule has 2 nitrogen and oxygen atoms in total. The largest absolute Gasteiger partial charge is 0.244 e. The van der Waals surface area contributed by atoms with Crippen LogP contribution in [0.15, 0.2) is 34.2 Å². The van der Waals surface area contributed by atoms with Gasteiger partial charge in [0.2, 0.25) is 0 Å². The third-order valence-electron chi connectivity index (χ3n) is 2.21. The number of para-hydroxylation sites is 1. The van der Waals surface area contributed by atoms with Crippen LogP contribution in [0.25, 0.3) is 0 Å². The smallest absolute Gasteiger partial charge is 0.0870 e. The van der Waals surface area contributed by atoms with Gasteiger partial charge in [0, 0.05) is 17.1 Å². The van der Waals surface area contributed by atoms with Crippen LogP contribution in [0.1, 0.15) is 13.3 Å². The van der Waals surface area contributed by atoms with Crippen molar-refractivity contribution in [3.8, 4) is 6.07 Å². The molecule has 0 N–H and O–H groups in total. The predicted octanol–water partition coefficient (Wildman–Crippen LogP) is 3.86. The summed E-state index contributed by atoms with van der Waals surface area (Å²) < 4.78 is 0. The number of hydrogen-bond acceptors (Lipinski definition) is 4. The van der Waals surface area contributed by atoms with Gasteiger partial charge >= 0.3 is 0 Å². The molecule has 1 aliphatic heterocycles. The molecule has 1 aliphatic rings. The molecule has 0 saturated heterocycles. The zero-order chi connectivity index (χ0) is 11.4. The lowest BCUT2D eigenvalue weighted by molar-refractivity contribution is 1.23. The standard InChI is InChI=1S/C12H12N2S2/c1-9-12(15-8-4-7-13)14-10-5-2-3-6-11(10)16-9/h2-3,5-6,9H,4,8H2,1H3. The second kappa shape index (κ2) is 5.42. The summed E-state index contributed by atoms with van der Waals surface area (Å²) in [6.45, 7) is 2.17. The van der Waals surface area contributed by atoms with Crippen LogP contribution < -0.4 is 0 Å². The normalized spacial score (nSPS) is 18.5. The maximum absolute atomic E-state index is 8.51. The lowest BCUT2D eigenvalue weighted by atomic mass is 10.3. The minimum absolute atomic E-state index is 0.401. The summed E-state index contributed by atoms with van der Waals surface area (Å²) in [6.07, 6.45) is 0.586. The number of nitrogens with zero attached hydrogens (tertiary/aromatic N) is 2. The Bertz CT molecular complexity index is 449. The van der Waals surface area contributed by atoms with Gasteiger partial charge in [-0.25, -0.2) is 4.99 Å². The molecule has 0 bridgehead atoms. The van der Waals surface area contributed by atoms with Gasteiger partial charge in [0.15, 0.2) is 0 Å². The van der Waals surface area contributed by atoms with Gasteiger partial charge in [-0.05, 0) is 19.1 Å². The molecule has 0 aromatic heterocycles. The van der Waals surface area contributed by atoms with Gasteiger partial charge in [0.25, 0.3) is 0 Å². The maximum Gasteiger partial charge on any atom is 0.0870 e.